The molecular formula is C34H46N4O2. The summed E-state index contributed by atoms with van der Waals surface area (Å²) in [5, 5.41) is 3.61. The summed E-state index contributed by atoms with van der Waals surface area (Å²) in [6.45, 7) is 13.0. The van der Waals surface area contributed by atoms with Crippen molar-refractivity contribution >= 4 is 17.0 Å². The summed E-state index contributed by atoms with van der Waals surface area (Å²) >= 11 is 0. The number of unbranched alkanes of at least 4 members (excludes halogenated alkanes) is 1. The van der Waals surface area contributed by atoms with Crippen LogP contribution in [-0.2, 0) is 19.6 Å². The second-order valence-corrected chi connectivity index (χ2v) is 10.3. The minimum Gasteiger partial charge on any atom is -0.493 e. The Bertz CT molecular complexity index is 1270. The molecule has 0 spiro atoms. The number of rotatable bonds is 18. The van der Waals surface area contributed by atoms with Crippen molar-refractivity contribution in [3.05, 3.63) is 83.9 Å². The molecule has 6 nitrogen and oxygen atoms in total. The molecule has 0 amide bonds. The fourth-order valence-corrected chi connectivity index (χ4v) is 4.87. The molecule has 1 aromatic heterocycles. The SMILES string of the molecule is CCCCn1c(NCCCc2ccc(OCc3ccccc3)cc2)nc2ccc(OCCCN(CC)CC)cc21. The van der Waals surface area contributed by atoms with Crippen molar-refractivity contribution in [2.75, 3.05) is 38.1 Å². The lowest BCUT2D eigenvalue weighted by atomic mass is 10.1. The zero-order valence-corrected chi connectivity index (χ0v) is 24.6. The first kappa shape index (κ1) is 29.5. The molecule has 214 valence electrons. The van der Waals surface area contributed by atoms with Gasteiger partial charge in [-0.05, 0) is 74.2 Å². The van der Waals surface area contributed by atoms with Crippen molar-refractivity contribution in [3.63, 3.8) is 0 Å². The van der Waals surface area contributed by atoms with Gasteiger partial charge in [0, 0.05) is 25.7 Å². The Morgan fingerprint density at radius 3 is 2.33 bits per heavy atom. The molecule has 0 aliphatic rings. The Morgan fingerprint density at radius 1 is 0.800 bits per heavy atom. The van der Waals surface area contributed by atoms with Gasteiger partial charge in [0.05, 0.1) is 17.6 Å². The largest absolute Gasteiger partial charge is 0.493 e. The van der Waals surface area contributed by atoms with E-state index in [9.17, 15) is 0 Å². The third-order valence-corrected chi connectivity index (χ3v) is 7.33. The number of hydrogen-bond donors (Lipinski definition) is 1. The molecule has 4 aromatic rings. The van der Waals surface area contributed by atoms with Crippen LogP contribution in [0.5, 0.6) is 11.5 Å². The van der Waals surface area contributed by atoms with Crippen LogP contribution in [0.1, 0.15) is 57.6 Å². The monoisotopic (exact) mass is 542 g/mol. The number of nitrogens with zero attached hydrogens (tertiary/aromatic N) is 3. The van der Waals surface area contributed by atoms with E-state index in [4.69, 9.17) is 14.5 Å². The molecule has 0 atom stereocenters. The second kappa shape index (κ2) is 15.9. The van der Waals surface area contributed by atoms with E-state index >= 15 is 0 Å². The molecule has 0 fully saturated rings. The smallest absolute Gasteiger partial charge is 0.203 e. The molecule has 4 rings (SSSR count). The van der Waals surface area contributed by atoms with Crippen LogP contribution in [0.3, 0.4) is 0 Å². The van der Waals surface area contributed by atoms with E-state index in [0.29, 0.717) is 6.61 Å². The van der Waals surface area contributed by atoms with Gasteiger partial charge >= 0.3 is 0 Å². The lowest BCUT2D eigenvalue weighted by Gasteiger charge is -2.17. The van der Waals surface area contributed by atoms with Crippen LogP contribution in [0.15, 0.2) is 72.8 Å². The highest BCUT2D eigenvalue weighted by molar-refractivity contribution is 5.80. The van der Waals surface area contributed by atoms with Gasteiger partial charge in [-0.25, -0.2) is 4.98 Å². The van der Waals surface area contributed by atoms with Crippen molar-refractivity contribution in [1.82, 2.24) is 14.5 Å². The number of benzene rings is 3. The number of hydrogen-bond acceptors (Lipinski definition) is 5. The van der Waals surface area contributed by atoms with Gasteiger partial charge < -0.3 is 24.3 Å². The molecule has 1 heterocycles. The second-order valence-electron chi connectivity index (χ2n) is 10.3. The molecule has 0 unspecified atom stereocenters. The molecule has 0 radical (unpaired) electrons. The van der Waals surface area contributed by atoms with Crippen molar-refractivity contribution in [3.8, 4) is 11.5 Å². The molecule has 0 saturated heterocycles. The summed E-state index contributed by atoms with van der Waals surface area (Å²) in [6.07, 6.45) is 5.33. The first-order valence-electron chi connectivity index (χ1n) is 15.0. The van der Waals surface area contributed by atoms with E-state index < -0.39 is 0 Å². The van der Waals surface area contributed by atoms with E-state index in [2.05, 4.69) is 84.1 Å². The molecule has 40 heavy (non-hydrogen) atoms. The van der Waals surface area contributed by atoms with Crippen molar-refractivity contribution in [2.24, 2.45) is 0 Å². The molecule has 0 aliphatic carbocycles. The first-order chi connectivity index (χ1) is 19.7. The average molecular weight is 543 g/mol. The van der Waals surface area contributed by atoms with Gasteiger partial charge in [0.25, 0.3) is 0 Å². The maximum Gasteiger partial charge on any atom is 0.203 e. The van der Waals surface area contributed by atoms with Crippen LogP contribution in [0, 0.1) is 0 Å². The zero-order chi connectivity index (χ0) is 28.0. The van der Waals surface area contributed by atoms with Crippen molar-refractivity contribution in [1.29, 1.82) is 0 Å². The lowest BCUT2D eigenvalue weighted by Crippen LogP contribution is -2.25. The van der Waals surface area contributed by atoms with Gasteiger partial charge in [-0.2, -0.15) is 0 Å². The minimum atomic E-state index is 0.591. The van der Waals surface area contributed by atoms with Crippen LogP contribution >= 0.6 is 0 Å². The summed E-state index contributed by atoms with van der Waals surface area (Å²) in [6, 6.07) is 25.0. The average Bonchev–Trinajstić information content (AvgIpc) is 3.34. The van der Waals surface area contributed by atoms with Gasteiger partial charge in [0.2, 0.25) is 5.95 Å². The van der Waals surface area contributed by atoms with Gasteiger partial charge in [-0.15, -0.1) is 0 Å². The van der Waals surface area contributed by atoms with Crippen LogP contribution in [0.2, 0.25) is 0 Å². The Balaban J connectivity index is 1.28. The third kappa shape index (κ3) is 8.75. The summed E-state index contributed by atoms with van der Waals surface area (Å²) in [7, 11) is 0. The van der Waals surface area contributed by atoms with Crippen LogP contribution < -0.4 is 14.8 Å². The number of aryl methyl sites for hydroxylation is 2. The fraction of sp³-hybridized carbons (Fsp3) is 0.441. The minimum absolute atomic E-state index is 0.591. The standard InChI is InChI=1S/C34H46N4O2/c1-4-7-24-38-33-26-31(39-25-12-23-37(5-2)6-3)20-21-32(33)36-34(38)35-22-11-15-28-16-18-30(19-17-28)40-27-29-13-9-8-10-14-29/h8-10,13-14,16-21,26H,4-7,11-12,15,22-25,27H2,1-3H3,(H,35,36). The third-order valence-electron chi connectivity index (χ3n) is 7.33. The topological polar surface area (TPSA) is 51.6 Å². The van der Waals surface area contributed by atoms with Crippen molar-refractivity contribution < 1.29 is 9.47 Å². The van der Waals surface area contributed by atoms with Gasteiger partial charge in [-0.3, -0.25) is 0 Å². The highest BCUT2D eigenvalue weighted by Gasteiger charge is 2.12. The normalized spacial score (nSPS) is 11.3. The zero-order valence-electron chi connectivity index (χ0n) is 24.6. The predicted octanol–water partition coefficient (Wildman–Crippen LogP) is 7.57. The molecule has 6 heteroatoms. The summed E-state index contributed by atoms with van der Waals surface area (Å²) in [4.78, 5) is 7.35. The predicted molar refractivity (Wildman–Crippen MR) is 167 cm³/mol. The maximum absolute atomic E-state index is 6.12. The number of nitrogens with one attached hydrogen (secondary N) is 1. The number of ether oxygens (including phenoxy) is 2. The van der Waals surface area contributed by atoms with Gasteiger partial charge in [0.15, 0.2) is 0 Å². The Hall–Kier alpha value is -3.51. The lowest BCUT2D eigenvalue weighted by molar-refractivity contribution is 0.249. The summed E-state index contributed by atoms with van der Waals surface area (Å²) < 4.78 is 14.4. The number of anilines is 1. The molecule has 0 saturated carbocycles. The van der Waals surface area contributed by atoms with Gasteiger partial charge in [-0.1, -0.05) is 69.7 Å². The summed E-state index contributed by atoms with van der Waals surface area (Å²) in [5.41, 5.74) is 4.65. The van der Waals surface area contributed by atoms with Crippen LogP contribution in [0.25, 0.3) is 11.0 Å². The number of imidazole rings is 1. The highest BCUT2D eigenvalue weighted by Crippen LogP contribution is 2.25. The summed E-state index contributed by atoms with van der Waals surface area (Å²) in [5.74, 6) is 2.78. The van der Waals surface area contributed by atoms with E-state index in [0.717, 1.165) is 99.9 Å². The molecule has 0 aliphatic heterocycles. The van der Waals surface area contributed by atoms with E-state index in [1.54, 1.807) is 0 Å². The molecule has 0 bridgehead atoms. The first-order valence-corrected chi connectivity index (χ1v) is 15.0. The van der Waals surface area contributed by atoms with E-state index in [-0.39, 0.29) is 0 Å². The Kier molecular flexibility index (Phi) is 11.7. The van der Waals surface area contributed by atoms with Crippen LogP contribution in [-0.4, -0.2) is 47.2 Å². The molecule has 1 N–H and O–H groups in total. The maximum atomic E-state index is 6.12. The van der Waals surface area contributed by atoms with E-state index in [1.807, 2.05) is 24.3 Å². The van der Waals surface area contributed by atoms with Gasteiger partial charge in [0.1, 0.15) is 18.1 Å². The fourth-order valence-electron chi connectivity index (χ4n) is 4.87. The number of fused-ring (bicyclic) bond motifs is 1. The Morgan fingerprint density at radius 2 is 1.57 bits per heavy atom. The quantitative estimate of drug-likeness (QED) is 0.131. The van der Waals surface area contributed by atoms with Crippen LogP contribution in [0.4, 0.5) is 5.95 Å². The number of aromatic nitrogens is 2. The molecular weight excluding hydrogens is 496 g/mol. The van der Waals surface area contributed by atoms with E-state index in [1.165, 1.54) is 11.1 Å². The highest BCUT2D eigenvalue weighted by atomic mass is 16.5. The molecule has 3 aromatic carbocycles. The van der Waals surface area contributed by atoms with Crippen molar-refractivity contribution in [2.45, 2.75) is 66.0 Å². The Labute approximate surface area is 240 Å².